The van der Waals surface area contributed by atoms with E-state index in [1.165, 1.54) is 19.3 Å². The molecule has 2 aromatic heterocycles. The summed E-state index contributed by atoms with van der Waals surface area (Å²) in [6.07, 6.45) is 18.6. The monoisotopic (exact) mass is 363 g/mol. The molecule has 1 amide bonds. The zero-order valence-corrected chi connectivity index (χ0v) is 15.3. The SMILES string of the molecule is O=C(Nc1cnc2ccsc2c1N1CCCCC1)C1=CC=CC=CC=C1. The highest BCUT2D eigenvalue weighted by atomic mass is 32.1. The molecule has 26 heavy (non-hydrogen) atoms. The maximum atomic E-state index is 12.8. The number of pyridine rings is 1. The number of fused-ring (bicyclic) bond motifs is 1. The lowest BCUT2D eigenvalue weighted by Gasteiger charge is -2.30. The Labute approximate surface area is 157 Å². The number of hydrogen-bond donors (Lipinski definition) is 1. The summed E-state index contributed by atoms with van der Waals surface area (Å²) in [7, 11) is 0. The smallest absolute Gasteiger partial charge is 0.255 e. The summed E-state index contributed by atoms with van der Waals surface area (Å²) in [6, 6.07) is 2.04. The number of rotatable bonds is 3. The Bertz CT molecular complexity index is 930. The maximum Gasteiger partial charge on any atom is 0.255 e. The van der Waals surface area contributed by atoms with Crippen molar-refractivity contribution in [3.63, 3.8) is 0 Å². The molecule has 2 aliphatic rings. The molecule has 132 valence electrons. The zero-order valence-electron chi connectivity index (χ0n) is 14.5. The number of nitrogens with one attached hydrogen (secondary N) is 1. The highest BCUT2D eigenvalue weighted by Crippen LogP contribution is 2.38. The number of piperidine rings is 1. The van der Waals surface area contributed by atoms with Gasteiger partial charge in [0.25, 0.3) is 5.91 Å². The van der Waals surface area contributed by atoms with Crippen LogP contribution in [0.1, 0.15) is 19.3 Å². The Morgan fingerprint density at radius 2 is 1.88 bits per heavy atom. The summed E-state index contributed by atoms with van der Waals surface area (Å²) in [5.74, 6) is -0.114. The minimum Gasteiger partial charge on any atom is -0.369 e. The molecule has 0 spiro atoms. The highest BCUT2D eigenvalue weighted by molar-refractivity contribution is 7.17. The van der Waals surface area contributed by atoms with E-state index in [2.05, 4.69) is 20.6 Å². The van der Waals surface area contributed by atoms with Crippen molar-refractivity contribution < 1.29 is 4.79 Å². The van der Waals surface area contributed by atoms with Crippen LogP contribution in [0.5, 0.6) is 0 Å². The summed E-state index contributed by atoms with van der Waals surface area (Å²) in [5, 5.41) is 5.16. The molecule has 5 heteroatoms. The molecule has 2 aromatic rings. The van der Waals surface area contributed by atoms with Crippen LogP contribution in [0.4, 0.5) is 11.4 Å². The first-order valence-corrected chi connectivity index (χ1v) is 9.85. The Kier molecular flexibility index (Phi) is 4.97. The van der Waals surface area contributed by atoms with E-state index in [0.717, 1.165) is 34.7 Å². The third-order valence-electron chi connectivity index (χ3n) is 4.63. The fourth-order valence-electron chi connectivity index (χ4n) is 3.33. The second-order valence-electron chi connectivity index (χ2n) is 6.41. The molecule has 0 bridgehead atoms. The van der Waals surface area contributed by atoms with Gasteiger partial charge in [-0.05, 0) is 42.9 Å². The lowest BCUT2D eigenvalue weighted by molar-refractivity contribution is -0.112. The van der Waals surface area contributed by atoms with Gasteiger partial charge in [0.15, 0.2) is 0 Å². The molecule has 1 fully saturated rings. The first-order valence-electron chi connectivity index (χ1n) is 8.97. The quantitative estimate of drug-likeness (QED) is 0.849. The molecular weight excluding hydrogens is 342 g/mol. The number of carbonyl (C=O) groups is 1. The molecule has 1 aliphatic carbocycles. The van der Waals surface area contributed by atoms with E-state index in [-0.39, 0.29) is 5.91 Å². The van der Waals surface area contributed by atoms with Gasteiger partial charge in [-0.2, -0.15) is 0 Å². The van der Waals surface area contributed by atoms with Crippen LogP contribution >= 0.6 is 11.3 Å². The van der Waals surface area contributed by atoms with Gasteiger partial charge in [-0.25, -0.2) is 0 Å². The summed E-state index contributed by atoms with van der Waals surface area (Å²) >= 11 is 1.69. The molecule has 0 radical (unpaired) electrons. The molecule has 0 unspecified atom stereocenters. The number of thiophene rings is 1. The Hall–Kier alpha value is -2.66. The number of allylic oxidation sites excluding steroid dienone is 6. The van der Waals surface area contributed by atoms with Crippen LogP contribution in [0.15, 0.2) is 65.7 Å². The minimum absolute atomic E-state index is 0.114. The summed E-state index contributed by atoms with van der Waals surface area (Å²) < 4.78 is 1.15. The molecule has 0 atom stereocenters. The van der Waals surface area contributed by atoms with Gasteiger partial charge in [0.2, 0.25) is 0 Å². The van der Waals surface area contributed by atoms with Gasteiger partial charge in [0.05, 0.1) is 27.8 Å². The second kappa shape index (κ2) is 7.70. The number of aromatic nitrogens is 1. The largest absolute Gasteiger partial charge is 0.369 e. The van der Waals surface area contributed by atoms with Crippen LogP contribution in [0, 0.1) is 0 Å². The normalized spacial score (nSPS) is 17.1. The molecule has 4 nitrogen and oxygen atoms in total. The van der Waals surface area contributed by atoms with Gasteiger partial charge < -0.3 is 10.2 Å². The van der Waals surface area contributed by atoms with Gasteiger partial charge in [0.1, 0.15) is 0 Å². The number of anilines is 2. The molecule has 0 aromatic carbocycles. The minimum atomic E-state index is -0.114. The highest BCUT2D eigenvalue weighted by Gasteiger charge is 2.20. The molecule has 3 heterocycles. The molecule has 1 aliphatic heterocycles. The lowest BCUT2D eigenvalue weighted by atomic mass is 10.1. The Morgan fingerprint density at radius 1 is 1.08 bits per heavy atom. The Balaban J connectivity index is 1.68. The third-order valence-corrected chi connectivity index (χ3v) is 5.54. The van der Waals surface area contributed by atoms with E-state index < -0.39 is 0 Å². The first kappa shape index (κ1) is 16.8. The van der Waals surface area contributed by atoms with Crippen molar-refractivity contribution in [2.24, 2.45) is 0 Å². The van der Waals surface area contributed by atoms with Crippen molar-refractivity contribution in [1.82, 2.24) is 4.98 Å². The van der Waals surface area contributed by atoms with Gasteiger partial charge in [0, 0.05) is 18.7 Å². The topological polar surface area (TPSA) is 45.2 Å². The fourth-order valence-corrected chi connectivity index (χ4v) is 4.26. The Morgan fingerprint density at radius 3 is 2.77 bits per heavy atom. The van der Waals surface area contributed by atoms with E-state index >= 15 is 0 Å². The standard InChI is InChI=1S/C21H21N3OS/c25-21(16-9-5-2-1-3-6-10-16)23-18-15-22-17-11-14-26-20(17)19(18)24-12-7-4-8-13-24/h1-3,5-6,9-11,14-15H,4,7-8,12-13H2,(H,23,25). The molecule has 4 rings (SSSR count). The number of amides is 1. The number of nitrogens with zero attached hydrogens (tertiary/aromatic N) is 2. The van der Waals surface area contributed by atoms with Crippen LogP contribution < -0.4 is 10.2 Å². The lowest BCUT2D eigenvalue weighted by Crippen LogP contribution is -2.30. The van der Waals surface area contributed by atoms with Crippen molar-refractivity contribution in [3.8, 4) is 0 Å². The van der Waals surface area contributed by atoms with Crippen molar-refractivity contribution in [2.45, 2.75) is 19.3 Å². The van der Waals surface area contributed by atoms with Crippen LogP contribution in [0.25, 0.3) is 10.2 Å². The van der Waals surface area contributed by atoms with E-state index in [1.54, 1.807) is 17.5 Å². The molecule has 0 saturated carbocycles. The van der Waals surface area contributed by atoms with Crippen LogP contribution in [-0.4, -0.2) is 24.0 Å². The zero-order chi connectivity index (χ0) is 17.8. The second-order valence-corrected chi connectivity index (χ2v) is 7.32. The van der Waals surface area contributed by atoms with Crippen molar-refractivity contribution in [1.29, 1.82) is 0 Å². The average Bonchev–Trinajstić information content (AvgIpc) is 3.10. The predicted octanol–water partition coefficient (Wildman–Crippen LogP) is 4.83. The predicted molar refractivity (Wildman–Crippen MR) is 110 cm³/mol. The van der Waals surface area contributed by atoms with Gasteiger partial charge >= 0.3 is 0 Å². The fraction of sp³-hybridized carbons (Fsp3) is 0.238. The molecular formula is C21H21N3OS. The van der Waals surface area contributed by atoms with Crippen molar-refractivity contribution in [3.05, 3.63) is 65.7 Å². The van der Waals surface area contributed by atoms with Gasteiger partial charge in [-0.15, -0.1) is 11.3 Å². The summed E-state index contributed by atoms with van der Waals surface area (Å²) in [4.78, 5) is 19.7. The summed E-state index contributed by atoms with van der Waals surface area (Å²) in [5.41, 5.74) is 3.53. The van der Waals surface area contributed by atoms with Crippen LogP contribution in [-0.2, 0) is 4.79 Å². The van der Waals surface area contributed by atoms with Crippen LogP contribution in [0.3, 0.4) is 0 Å². The summed E-state index contributed by atoms with van der Waals surface area (Å²) in [6.45, 7) is 2.05. The van der Waals surface area contributed by atoms with E-state index in [9.17, 15) is 4.79 Å². The first-order chi connectivity index (χ1) is 12.8. The van der Waals surface area contributed by atoms with E-state index in [1.807, 2.05) is 48.6 Å². The number of carbonyl (C=O) groups excluding carboxylic acids is 1. The molecule has 1 saturated heterocycles. The molecule has 1 N–H and O–H groups in total. The van der Waals surface area contributed by atoms with Crippen molar-refractivity contribution >= 4 is 38.8 Å². The van der Waals surface area contributed by atoms with E-state index in [4.69, 9.17) is 0 Å². The number of hydrogen-bond acceptors (Lipinski definition) is 4. The van der Waals surface area contributed by atoms with Gasteiger partial charge in [-0.1, -0.05) is 30.4 Å². The van der Waals surface area contributed by atoms with Crippen molar-refractivity contribution in [2.75, 3.05) is 23.3 Å². The van der Waals surface area contributed by atoms with E-state index in [0.29, 0.717) is 5.57 Å². The van der Waals surface area contributed by atoms with Gasteiger partial charge in [-0.3, -0.25) is 9.78 Å². The maximum absolute atomic E-state index is 12.8. The third kappa shape index (κ3) is 3.48. The average molecular weight is 363 g/mol. The van der Waals surface area contributed by atoms with Crippen LogP contribution in [0.2, 0.25) is 0 Å².